The van der Waals surface area contributed by atoms with Crippen molar-refractivity contribution in [2.24, 2.45) is 7.05 Å². The Kier molecular flexibility index (Phi) is 5.76. The first-order valence-corrected chi connectivity index (χ1v) is 8.77. The maximum absolute atomic E-state index is 14.4. The zero-order valence-electron chi connectivity index (χ0n) is 14.9. The van der Waals surface area contributed by atoms with E-state index >= 15 is 0 Å². The number of hydrogen-bond acceptors (Lipinski definition) is 3. The molecule has 7 heteroatoms. The molecule has 0 aliphatic carbocycles. The predicted octanol–water partition coefficient (Wildman–Crippen LogP) is 3.89. The van der Waals surface area contributed by atoms with Crippen LogP contribution in [0.15, 0.2) is 60.9 Å². The van der Waals surface area contributed by atoms with E-state index in [1.54, 1.807) is 73.4 Å². The van der Waals surface area contributed by atoms with E-state index < -0.39 is 23.9 Å². The van der Waals surface area contributed by atoms with Crippen molar-refractivity contribution in [3.05, 3.63) is 83.2 Å². The Morgan fingerprint density at radius 2 is 2.04 bits per heavy atom. The second kappa shape index (κ2) is 8.22. The summed E-state index contributed by atoms with van der Waals surface area (Å²) in [6, 6.07) is 12.3. The molecule has 0 bridgehead atoms. The summed E-state index contributed by atoms with van der Waals surface area (Å²) in [5, 5.41) is 3.34. The highest BCUT2D eigenvalue weighted by Gasteiger charge is 2.26. The molecule has 3 aromatic rings. The van der Waals surface area contributed by atoms with Crippen LogP contribution in [0.2, 0.25) is 5.02 Å². The van der Waals surface area contributed by atoms with Gasteiger partial charge in [-0.1, -0.05) is 35.9 Å². The average molecular weight is 388 g/mol. The largest absolute Gasteiger partial charge is 0.481 e. The SMILES string of the molecule is CC(Oc1cccc(Cl)c1)C(=O)NC(c1ccccc1F)c1nccn1C. The summed E-state index contributed by atoms with van der Waals surface area (Å²) in [5.74, 6) is 0.174. The van der Waals surface area contributed by atoms with E-state index in [0.29, 0.717) is 22.2 Å². The molecule has 0 saturated heterocycles. The Balaban J connectivity index is 1.82. The summed E-state index contributed by atoms with van der Waals surface area (Å²) < 4.78 is 21.8. The molecule has 27 heavy (non-hydrogen) atoms. The van der Waals surface area contributed by atoms with Crippen LogP contribution in [0.3, 0.4) is 0 Å². The molecule has 2 aromatic carbocycles. The van der Waals surface area contributed by atoms with Crippen LogP contribution < -0.4 is 10.1 Å². The average Bonchev–Trinajstić information content (AvgIpc) is 3.06. The zero-order valence-corrected chi connectivity index (χ0v) is 15.7. The molecular weight excluding hydrogens is 369 g/mol. The van der Waals surface area contributed by atoms with Gasteiger partial charge in [0.1, 0.15) is 23.4 Å². The van der Waals surface area contributed by atoms with E-state index in [0.717, 1.165) is 0 Å². The molecule has 1 N–H and O–H groups in total. The van der Waals surface area contributed by atoms with E-state index in [1.165, 1.54) is 6.07 Å². The molecule has 0 radical (unpaired) electrons. The minimum absolute atomic E-state index is 0.329. The van der Waals surface area contributed by atoms with Gasteiger partial charge in [0.2, 0.25) is 0 Å². The number of rotatable bonds is 6. The molecule has 0 aliphatic rings. The highest BCUT2D eigenvalue weighted by atomic mass is 35.5. The van der Waals surface area contributed by atoms with Crippen LogP contribution in [0.5, 0.6) is 5.75 Å². The van der Waals surface area contributed by atoms with E-state index in [4.69, 9.17) is 16.3 Å². The molecule has 0 spiro atoms. The normalized spacial score (nSPS) is 13.0. The third-order valence-corrected chi connectivity index (χ3v) is 4.33. The first-order valence-electron chi connectivity index (χ1n) is 8.40. The lowest BCUT2D eigenvalue weighted by Crippen LogP contribution is -2.40. The van der Waals surface area contributed by atoms with E-state index in [2.05, 4.69) is 10.3 Å². The first kappa shape index (κ1) is 18.9. The molecule has 0 aliphatic heterocycles. The van der Waals surface area contributed by atoms with Gasteiger partial charge in [-0.15, -0.1) is 0 Å². The maximum atomic E-state index is 14.4. The molecule has 2 unspecified atom stereocenters. The molecule has 0 fully saturated rings. The molecule has 1 amide bonds. The second-order valence-electron chi connectivity index (χ2n) is 6.08. The minimum Gasteiger partial charge on any atom is -0.481 e. The fourth-order valence-electron chi connectivity index (χ4n) is 2.70. The standard InChI is InChI=1S/C20H19ClFN3O2/c1-13(27-15-7-5-6-14(21)12-15)20(26)24-18(19-23-10-11-25(19)2)16-8-3-4-9-17(16)22/h3-13,18H,1-2H3,(H,24,26). The van der Waals surface area contributed by atoms with Gasteiger partial charge in [-0.2, -0.15) is 0 Å². The second-order valence-corrected chi connectivity index (χ2v) is 6.51. The van der Waals surface area contributed by atoms with Gasteiger partial charge in [0.15, 0.2) is 6.10 Å². The van der Waals surface area contributed by atoms with Gasteiger partial charge in [-0.25, -0.2) is 9.37 Å². The molecule has 5 nitrogen and oxygen atoms in total. The topological polar surface area (TPSA) is 56.1 Å². The van der Waals surface area contributed by atoms with Crippen molar-refractivity contribution < 1.29 is 13.9 Å². The van der Waals surface area contributed by atoms with Crippen molar-refractivity contribution in [3.8, 4) is 5.75 Å². The Morgan fingerprint density at radius 3 is 2.70 bits per heavy atom. The predicted molar refractivity (Wildman–Crippen MR) is 101 cm³/mol. The molecule has 1 aromatic heterocycles. The summed E-state index contributed by atoms with van der Waals surface area (Å²) in [5.41, 5.74) is 0.329. The molecule has 1 heterocycles. The zero-order chi connectivity index (χ0) is 19.4. The highest BCUT2D eigenvalue weighted by Crippen LogP contribution is 2.24. The number of imidazole rings is 1. The van der Waals surface area contributed by atoms with Crippen molar-refractivity contribution in [1.82, 2.24) is 14.9 Å². The number of nitrogens with zero attached hydrogens (tertiary/aromatic N) is 2. The van der Waals surface area contributed by atoms with Crippen LogP contribution in [0.1, 0.15) is 24.4 Å². The number of aryl methyl sites for hydroxylation is 1. The number of ether oxygens (including phenoxy) is 1. The Hall–Kier alpha value is -2.86. The minimum atomic E-state index is -0.807. The highest BCUT2D eigenvalue weighted by molar-refractivity contribution is 6.30. The third-order valence-electron chi connectivity index (χ3n) is 4.10. The van der Waals surface area contributed by atoms with Crippen molar-refractivity contribution in [1.29, 1.82) is 0 Å². The van der Waals surface area contributed by atoms with Gasteiger partial charge in [-0.3, -0.25) is 4.79 Å². The lowest BCUT2D eigenvalue weighted by molar-refractivity contribution is -0.127. The number of halogens is 2. The van der Waals surface area contributed by atoms with E-state index in [-0.39, 0.29) is 0 Å². The summed E-state index contributed by atoms with van der Waals surface area (Å²) >= 11 is 5.94. The Labute approximate surface area is 161 Å². The molecule has 3 rings (SSSR count). The lowest BCUT2D eigenvalue weighted by Gasteiger charge is -2.22. The summed E-state index contributed by atoms with van der Waals surface area (Å²) in [7, 11) is 1.79. The summed E-state index contributed by atoms with van der Waals surface area (Å²) in [4.78, 5) is 17.0. The van der Waals surface area contributed by atoms with Crippen LogP contribution in [-0.4, -0.2) is 21.6 Å². The van der Waals surface area contributed by atoms with Crippen molar-refractivity contribution in [3.63, 3.8) is 0 Å². The summed E-state index contributed by atoms with van der Waals surface area (Å²) in [6.45, 7) is 1.62. The molecule has 2 atom stereocenters. The Morgan fingerprint density at radius 1 is 1.26 bits per heavy atom. The van der Waals surface area contributed by atoms with Gasteiger partial charge >= 0.3 is 0 Å². The maximum Gasteiger partial charge on any atom is 0.261 e. The van der Waals surface area contributed by atoms with Crippen LogP contribution >= 0.6 is 11.6 Å². The van der Waals surface area contributed by atoms with Gasteiger partial charge < -0.3 is 14.6 Å². The molecule has 140 valence electrons. The van der Waals surface area contributed by atoms with Gasteiger partial charge in [-0.05, 0) is 31.2 Å². The van der Waals surface area contributed by atoms with Crippen molar-refractivity contribution >= 4 is 17.5 Å². The molecule has 0 saturated carbocycles. The van der Waals surface area contributed by atoms with Crippen molar-refractivity contribution in [2.45, 2.75) is 19.1 Å². The quantitative estimate of drug-likeness (QED) is 0.698. The first-order chi connectivity index (χ1) is 13.0. The Bertz CT molecular complexity index is 944. The van der Waals surface area contributed by atoms with Crippen LogP contribution in [0.25, 0.3) is 0 Å². The fraction of sp³-hybridized carbons (Fsp3) is 0.200. The van der Waals surface area contributed by atoms with Crippen LogP contribution in [0.4, 0.5) is 4.39 Å². The summed E-state index contributed by atoms with van der Waals surface area (Å²) in [6.07, 6.45) is 2.53. The fourth-order valence-corrected chi connectivity index (χ4v) is 2.88. The number of benzene rings is 2. The van der Waals surface area contributed by atoms with Gasteiger partial charge in [0.25, 0.3) is 5.91 Å². The van der Waals surface area contributed by atoms with Gasteiger partial charge in [0.05, 0.1) is 0 Å². The van der Waals surface area contributed by atoms with Crippen LogP contribution in [-0.2, 0) is 11.8 Å². The number of carbonyl (C=O) groups is 1. The number of aromatic nitrogens is 2. The van der Waals surface area contributed by atoms with Gasteiger partial charge in [0, 0.05) is 30.0 Å². The smallest absolute Gasteiger partial charge is 0.261 e. The van der Waals surface area contributed by atoms with Crippen LogP contribution in [0, 0.1) is 5.82 Å². The third kappa shape index (κ3) is 4.46. The number of hydrogen-bond donors (Lipinski definition) is 1. The monoisotopic (exact) mass is 387 g/mol. The lowest BCUT2D eigenvalue weighted by atomic mass is 10.0. The number of nitrogens with one attached hydrogen (secondary N) is 1. The van der Waals surface area contributed by atoms with E-state index in [9.17, 15) is 9.18 Å². The number of amides is 1. The van der Waals surface area contributed by atoms with Crippen molar-refractivity contribution in [2.75, 3.05) is 0 Å². The molecular formula is C20H19ClFN3O2. The van der Waals surface area contributed by atoms with E-state index in [1.807, 2.05) is 0 Å². The number of carbonyl (C=O) groups excluding carboxylic acids is 1.